The first-order valence-corrected chi connectivity index (χ1v) is 10.6. The van der Waals surface area contributed by atoms with Crippen LogP contribution in [0.3, 0.4) is 0 Å². The van der Waals surface area contributed by atoms with E-state index in [-0.39, 0.29) is 12.1 Å². The maximum atomic E-state index is 12.9. The molecule has 2 aromatic rings. The molecule has 6 nitrogen and oxygen atoms in total. The Labute approximate surface area is 169 Å². The fourth-order valence-electron chi connectivity index (χ4n) is 3.88. The standard InChI is InChI=1S/C21H27N3O3S/c1-5-27-15-7-6-13(10-16(15)26-4)19-22-20(25)18-14-8-9-24(12(2)3)11-17(14)28-21(18)23-19/h6-7,10,12,19,23H,5,8-9,11H2,1-4H3,(H,22,25)/t19-/m0/s1. The SMILES string of the molecule is CCOc1ccc([C@H]2NC(=O)c3c(sc4c3CCN(C(C)C)C4)N2)cc1OC. The van der Waals surface area contributed by atoms with E-state index in [4.69, 9.17) is 9.47 Å². The molecule has 0 aliphatic carbocycles. The lowest BCUT2D eigenvalue weighted by Gasteiger charge is -2.31. The number of benzene rings is 1. The molecule has 0 bridgehead atoms. The quantitative estimate of drug-likeness (QED) is 0.798. The second-order valence-electron chi connectivity index (χ2n) is 7.42. The lowest BCUT2D eigenvalue weighted by Crippen LogP contribution is -2.39. The molecule has 28 heavy (non-hydrogen) atoms. The van der Waals surface area contributed by atoms with Gasteiger partial charge in [0.15, 0.2) is 11.5 Å². The Balaban J connectivity index is 1.62. The second kappa shape index (κ2) is 7.64. The molecule has 2 aliphatic heterocycles. The predicted molar refractivity (Wildman–Crippen MR) is 112 cm³/mol. The Morgan fingerprint density at radius 3 is 2.82 bits per heavy atom. The van der Waals surface area contributed by atoms with Crippen LogP contribution in [0.2, 0.25) is 0 Å². The molecule has 2 N–H and O–H groups in total. The maximum absolute atomic E-state index is 12.9. The first-order valence-electron chi connectivity index (χ1n) is 9.78. The van der Waals surface area contributed by atoms with Crippen LogP contribution in [0.1, 0.15) is 53.3 Å². The van der Waals surface area contributed by atoms with Gasteiger partial charge in [-0.05, 0) is 50.5 Å². The molecule has 0 radical (unpaired) electrons. The number of methoxy groups -OCH3 is 1. The average molecular weight is 402 g/mol. The van der Waals surface area contributed by atoms with Crippen LogP contribution in [-0.2, 0) is 13.0 Å². The Morgan fingerprint density at radius 2 is 2.11 bits per heavy atom. The highest BCUT2D eigenvalue weighted by atomic mass is 32.1. The number of rotatable bonds is 5. The van der Waals surface area contributed by atoms with E-state index in [0.29, 0.717) is 24.1 Å². The van der Waals surface area contributed by atoms with Gasteiger partial charge in [0, 0.05) is 24.0 Å². The summed E-state index contributed by atoms with van der Waals surface area (Å²) in [6.07, 6.45) is 0.640. The Morgan fingerprint density at radius 1 is 1.29 bits per heavy atom. The largest absolute Gasteiger partial charge is 0.493 e. The topological polar surface area (TPSA) is 62.8 Å². The number of anilines is 1. The van der Waals surface area contributed by atoms with Crippen molar-refractivity contribution in [2.45, 2.75) is 45.9 Å². The van der Waals surface area contributed by atoms with Crippen LogP contribution in [0, 0.1) is 0 Å². The van der Waals surface area contributed by atoms with Gasteiger partial charge in [-0.1, -0.05) is 6.07 Å². The van der Waals surface area contributed by atoms with Crippen LogP contribution in [0.25, 0.3) is 0 Å². The smallest absolute Gasteiger partial charge is 0.256 e. The molecule has 1 atom stereocenters. The third-order valence-corrected chi connectivity index (χ3v) is 6.56. The van der Waals surface area contributed by atoms with Crippen molar-refractivity contribution >= 4 is 22.2 Å². The minimum Gasteiger partial charge on any atom is -0.493 e. The third kappa shape index (κ3) is 3.33. The highest BCUT2D eigenvalue weighted by Crippen LogP contribution is 2.41. The van der Waals surface area contributed by atoms with Gasteiger partial charge in [0.05, 0.1) is 19.3 Å². The van der Waals surface area contributed by atoms with Crippen molar-refractivity contribution in [1.29, 1.82) is 0 Å². The number of carbonyl (C=O) groups excluding carboxylic acids is 1. The Bertz CT molecular complexity index is 893. The van der Waals surface area contributed by atoms with Gasteiger partial charge in [0.1, 0.15) is 11.2 Å². The van der Waals surface area contributed by atoms with E-state index in [1.165, 1.54) is 10.4 Å². The zero-order chi connectivity index (χ0) is 19.8. The number of fused-ring (bicyclic) bond motifs is 3. The molecule has 4 rings (SSSR count). The zero-order valence-corrected chi connectivity index (χ0v) is 17.6. The molecule has 0 spiro atoms. The fraction of sp³-hybridized carbons (Fsp3) is 0.476. The van der Waals surface area contributed by atoms with E-state index in [1.807, 2.05) is 25.1 Å². The van der Waals surface area contributed by atoms with Crippen molar-refractivity contribution in [3.8, 4) is 11.5 Å². The number of amides is 1. The Kier molecular flexibility index (Phi) is 5.21. The summed E-state index contributed by atoms with van der Waals surface area (Å²) in [5.41, 5.74) is 2.98. The van der Waals surface area contributed by atoms with Gasteiger partial charge >= 0.3 is 0 Å². The number of nitrogens with zero attached hydrogens (tertiary/aromatic N) is 1. The van der Waals surface area contributed by atoms with E-state index in [1.54, 1.807) is 18.4 Å². The summed E-state index contributed by atoms with van der Waals surface area (Å²) in [4.78, 5) is 16.7. The van der Waals surface area contributed by atoms with Crippen molar-refractivity contribution in [1.82, 2.24) is 10.2 Å². The van der Waals surface area contributed by atoms with E-state index < -0.39 is 0 Å². The predicted octanol–water partition coefficient (Wildman–Crippen LogP) is 3.78. The molecule has 0 saturated heterocycles. The lowest BCUT2D eigenvalue weighted by molar-refractivity contribution is 0.0934. The van der Waals surface area contributed by atoms with Crippen molar-refractivity contribution in [3.05, 3.63) is 39.8 Å². The second-order valence-corrected chi connectivity index (χ2v) is 8.52. The first-order chi connectivity index (χ1) is 13.5. The molecular formula is C21H27N3O3S. The van der Waals surface area contributed by atoms with Crippen LogP contribution in [0.15, 0.2) is 18.2 Å². The van der Waals surface area contributed by atoms with Gasteiger partial charge in [0.25, 0.3) is 5.91 Å². The molecule has 1 amide bonds. The molecule has 2 aliphatic rings. The van der Waals surface area contributed by atoms with E-state index >= 15 is 0 Å². The first kappa shape index (κ1) is 19.1. The van der Waals surface area contributed by atoms with Crippen molar-refractivity contribution < 1.29 is 14.3 Å². The monoisotopic (exact) mass is 401 g/mol. The summed E-state index contributed by atoms with van der Waals surface area (Å²) in [6, 6.07) is 6.28. The van der Waals surface area contributed by atoms with Crippen molar-refractivity contribution in [2.24, 2.45) is 0 Å². The minimum absolute atomic E-state index is 0.00194. The molecule has 150 valence electrons. The Hall–Kier alpha value is -2.25. The van der Waals surface area contributed by atoms with E-state index in [2.05, 4.69) is 29.4 Å². The number of ether oxygens (including phenoxy) is 2. The molecule has 0 saturated carbocycles. The van der Waals surface area contributed by atoms with Gasteiger partial charge < -0.3 is 20.1 Å². The molecule has 0 unspecified atom stereocenters. The summed E-state index contributed by atoms with van der Waals surface area (Å²) < 4.78 is 11.1. The average Bonchev–Trinajstić information content (AvgIpc) is 3.06. The number of hydrogen-bond acceptors (Lipinski definition) is 6. The summed E-state index contributed by atoms with van der Waals surface area (Å²) in [6.45, 7) is 8.88. The van der Waals surface area contributed by atoms with Crippen LogP contribution in [0.4, 0.5) is 5.00 Å². The van der Waals surface area contributed by atoms with E-state index in [9.17, 15) is 4.79 Å². The van der Waals surface area contributed by atoms with E-state index in [0.717, 1.165) is 35.6 Å². The van der Waals surface area contributed by atoms with Gasteiger partial charge in [0.2, 0.25) is 0 Å². The fourth-order valence-corrected chi connectivity index (χ4v) is 5.18. The number of hydrogen-bond donors (Lipinski definition) is 2. The molecule has 1 aromatic heterocycles. The highest BCUT2D eigenvalue weighted by molar-refractivity contribution is 7.16. The molecule has 7 heteroatoms. The highest BCUT2D eigenvalue weighted by Gasteiger charge is 2.33. The molecular weight excluding hydrogens is 374 g/mol. The third-order valence-electron chi connectivity index (χ3n) is 5.42. The minimum atomic E-state index is -0.286. The molecule has 1 aromatic carbocycles. The van der Waals surface area contributed by atoms with Crippen molar-refractivity contribution in [2.75, 3.05) is 25.6 Å². The summed E-state index contributed by atoms with van der Waals surface area (Å²) in [5, 5.41) is 7.60. The summed E-state index contributed by atoms with van der Waals surface area (Å²) in [7, 11) is 1.63. The number of nitrogens with one attached hydrogen (secondary N) is 2. The van der Waals surface area contributed by atoms with Crippen LogP contribution < -0.4 is 20.1 Å². The number of thiophene rings is 1. The maximum Gasteiger partial charge on any atom is 0.256 e. The van der Waals surface area contributed by atoms with Gasteiger partial charge in [-0.25, -0.2) is 0 Å². The van der Waals surface area contributed by atoms with Gasteiger partial charge in [-0.3, -0.25) is 9.69 Å². The van der Waals surface area contributed by atoms with Gasteiger partial charge in [-0.2, -0.15) is 0 Å². The molecule has 0 fully saturated rings. The van der Waals surface area contributed by atoms with Crippen LogP contribution >= 0.6 is 11.3 Å². The number of carbonyl (C=O) groups is 1. The lowest BCUT2D eigenvalue weighted by atomic mass is 9.99. The van der Waals surface area contributed by atoms with Gasteiger partial charge in [-0.15, -0.1) is 11.3 Å². The molecule has 3 heterocycles. The van der Waals surface area contributed by atoms with Crippen LogP contribution in [-0.4, -0.2) is 37.1 Å². The summed E-state index contributed by atoms with van der Waals surface area (Å²) >= 11 is 1.71. The normalized spacial score (nSPS) is 18.9. The summed E-state index contributed by atoms with van der Waals surface area (Å²) in [5.74, 6) is 1.37. The zero-order valence-electron chi connectivity index (χ0n) is 16.8. The van der Waals surface area contributed by atoms with Crippen molar-refractivity contribution in [3.63, 3.8) is 0 Å². The van der Waals surface area contributed by atoms with Crippen LogP contribution in [0.5, 0.6) is 11.5 Å².